The number of thiol groups is 1. The van der Waals surface area contributed by atoms with Crippen LogP contribution in [0.15, 0.2) is 17.0 Å². The minimum atomic E-state index is -4.28. The lowest BCUT2D eigenvalue weighted by Crippen LogP contribution is -2.05. The summed E-state index contributed by atoms with van der Waals surface area (Å²) in [5.41, 5.74) is 0.761. The first-order chi connectivity index (χ1) is 5.82. The monoisotopic (exact) mass is 206 g/mol. The van der Waals surface area contributed by atoms with Gasteiger partial charge in [-0.2, -0.15) is 13.2 Å². The van der Waals surface area contributed by atoms with Crippen molar-refractivity contribution in [3.63, 3.8) is 0 Å². The Morgan fingerprint density at radius 2 is 1.69 bits per heavy atom. The summed E-state index contributed by atoms with van der Waals surface area (Å²) < 4.78 is 36.7. The average Bonchev–Trinajstić information content (AvgIpc) is 1.97. The van der Waals surface area contributed by atoms with Crippen LogP contribution in [0.25, 0.3) is 0 Å². The Morgan fingerprint density at radius 3 is 2.08 bits per heavy atom. The van der Waals surface area contributed by atoms with Gasteiger partial charge < -0.3 is 0 Å². The average molecular weight is 206 g/mol. The van der Waals surface area contributed by atoms with Gasteiger partial charge in [0.15, 0.2) is 0 Å². The molecule has 72 valence electrons. The largest absolute Gasteiger partial charge is 0.416 e. The summed E-state index contributed by atoms with van der Waals surface area (Å²) >= 11 is 3.97. The fraction of sp³-hybridized carbons (Fsp3) is 0.333. The Hall–Kier alpha value is -0.640. The van der Waals surface area contributed by atoms with E-state index < -0.39 is 11.7 Å². The molecule has 0 nitrogen and oxygen atoms in total. The molecule has 0 saturated carbocycles. The number of alkyl halides is 3. The van der Waals surface area contributed by atoms with Crippen LogP contribution in [0.5, 0.6) is 0 Å². The Kier molecular flexibility index (Phi) is 2.61. The second-order valence-corrected chi connectivity index (χ2v) is 3.42. The summed E-state index contributed by atoms with van der Waals surface area (Å²) in [6.07, 6.45) is -4.28. The predicted molar refractivity (Wildman–Crippen MR) is 48.2 cm³/mol. The third-order valence-electron chi connectivity index (χ3n) is 1.97. The number of aryl methyl sites for hydroxylation is 1. The van der Waals surface area contributed by atoms with Crippen molar-refractivity contribution in [3.8, 4) is 0 Å². The molecule has 13 heavy (non-hydrogen) atoms. The molecule has 0 radical (unpaired) electrons. The molecule has 0 atom stereocenters. The fourth-order valence-corrected chi connectivity index (χ4v) is 1.32. The summed E-state index contributed by atoms with van der Waals surface area (Å²) in [5.74, 6) is 0. The zero-order valence-corrected chi connectivity index (χ0v) is 8.13. The Labute approximate surface area is 80.2 Å². The van der Waals surface area contributed by atoms with Crippen molar-refractivity contribution in [2.75, 3.05) is 0 Å². The van der Waals surface area contributed by atoms with E-state index in [1.54, 1.807) is 13.8 Å². The molecule has 4 heteroatoms. The maximum absolute atomic E-state index is 12.2. The van der Waals surface area contributed by atoms with Crippen LogP contribution in [-0.4, -0.2) is 0 Å². The van der Waals surface area contributed by atoms with Crippen LogP contribution in [0, 0.1) is 13.8 Å². The van der Waals surface area contributed by atoms with E-state index in [9.17, 15) is 13.2 Å². The van der Waals surface area contributed by atoms with E-state index >= 15 is 0 Å². The Morgan fingerprint density at radius 1 is 1.15 bits per heavy atom. The van der Waals surface area contributed by atoms with Crippen molar-refractivity contribution in [3.05, 3.63) is 28.8 Å². The van der Waals surface area contributed by atoms with Crippen LogP contribution in [-0.2, 0) is 6.18 Å². The molecule has 0 aromatic heterocycles. The fourth-order valence-electron chi connectivity index (χ4n) is 1.00. The molecule has 0 heterocycles. The quantitative estimate of drug-likeness (QED) is 0.616. The molecule has 0 aliphatic heterocycles. The molecule has 1 rings (SSSR count). The molecular formula is C9H9F3S. The lowest BCUT2D eigenvalue weighted by Gasteiger charge is -2.10. The molecule has 0 amide bonds. The molecule has 0 fully saturated rings. The third kappa shape index (κ3) is 2.18. The van der Waals surface area contributed by atoms with Gasteiger partial charge in [-0.25, -0.2) is 0 Å². The smallest absolute Gasteiger partial charge is 0.166 e. The number of halogens is 3. The minimum absolute atomic E-state index is 0.382. The number of rotatable bonds is 0. The molecular weight excluding hydrogens is 197 g/mol. The normalized spacial score (nSPS) is 11.8. The van der Waals surface area contributed by atoms with Gasteiger partial charge in [-0.3, -0.25) is 0 Å². The highest BCUT2D eigenvalue weighted by Crippen LogP contribution is 2.32. The first kappa shape index (κ1) is 10.4. The molecule has 0 aliphatic rings. The van der Waals surface area contributed by atoms with Crippen LogP contribution in [0.2, 0.25) is 0 Å². The zero-order chi connectivity index (χ0) is 10.2. The number of hydrogen-bond acceptors (Lipinski definition) is 1. The minimum Gasteiger partial charge on any atom is -0.166 e. The van der Waals surface area contributed by atoms with Crippen molar-refractivity contribution in [1.29, 1.82) is 0 Å². The van der Waals surface area contributed by atoms with Gasteiger partial charge in [0.1, 0.15) is 0 Å². The van der Waals surface area contributed by atoms with Crippen molar-refractivity contribution in [1.82, 2.24) is 0 Å². The standard InChI is InChI=1S/C9H9F3S/c1-5-3-7(9(10,11)12)4-8(13)6(5)2/h3-4,13H,1-2H3. The van der Waals surface area contributed by atoms with Gasteiger partial charge >= 0.3 is 6.18 Å². The van der Waals surface area contributed by atoms with Gasteiger partial charge in [-0.15, -0.1) is 12.6 Å². The van der Waals surface area contributed by atoms with Crippen LogP contribution >= 0.6 is 12.6 Å². The SMILES string of the molecule is Cc1cc(C(F)(F)F)cc(S)c1C. The second-order valence-electron chi connectivity index (χ2n) is 2.94. The molecule has 0 spiro atoms. The highest BCUT2D eigenvalue weighted by atomic mass is 32.1. The topological polar surface area (TPSA) is 0 Å². The Bertz CT molecular complexity index is 305. The van der Waals surface area contributed by atoms with E-state index in [1.807, 2.05) is 0 Å². The van der Waals surface area contributed by atoms with Crippen molar-refractivity contribution >= 4 is 12.6 Å². The second kappa shape index (κ2) is 3.25. The lowest BCUT2D eigenvalue weighted by atomic mass is 10.1. The van der Waals surface area contributed by atoms with E-state index in [0.29, 0.717) is 10.5 Å². The highest BCUT2D eigenvalue weighted by molar-refractivity contribution is 7.80. The maximum atomic E-state index is 12.2. The van der Waals surface area contributed by atoms with Crippen molar-refractivity contribution < 1.29 is 13.2 Å². The molecule has 1 aromatic rings. The highest BCUT2D eigenvalue weighted by Gasteiger charge is 2.31. The van der Waals surface area contributed by atoms with E-state index in [1.165, 1.54) is 0 Å². The van der Waals surface area contributed by atoms with Crippen LogP contribution < -0.4 is 0 Å². The van der Waals surface area contributed by atoms with Gasteiger partial charge in [-0.1, -0.05) is 0 Å². The zero-order valence-electron chi connectivity index (χ0n) is 7.24. The van der Waals surface area contributed by atoms with Crippen molar-refractivity contribution in [2.24, 2.45) is 0 Å². The third-order valence-corrected chi connectivity index (χ3v) is 2.43. The van der Waals surface area contributed by atoms with Gasteiger partial charge in [0.05, 0.1) is 5.56 Å². The number of hydrogen-bond donors (Lipinski definition) is 1. The van der Waals surface area contributed by atoms with Gasteiger partial charge in [0.25, 0.3) is 0 Å². The molecule has 0 N–H and O–H groups in total. The van der Waals surface area contributed by atoms with Gasteiger partial charge in [-0.05, 0) is 37.1 Å². The first-order valence-corrected chi connectivity index (χ1v) is 4.14. The van der Waals surface area contributed by atoms with E-state index in [2.05, 4.69) is 12.6 Å². The molecule has 0 unspecified atom stereocenters. The van der Waals surface area contributed by atoms with Gasteiger partial charge in [0.2, 0.25) is 0 Å². The summed E-state index contributed by atoms with van der Waals surface area (Å²) in [6, 6.07) is 2.18. The molecule has 0 bridgehead atoms. The Balaban J connectivity index is 3.29. The number of benzene rings is 1. The summed E-state index contributed by atoms with van der Waals surface area (Å²) in [5, 5.41) is 0. The molecule has 0 aliphatic carbocycles. The van der Waals surface area contributed by atoms with Crippen molar-refractivity contribution in [2.45, 2.75) is 24.9 Å². The van der Waals surface area contributed by atoms with Gasteiger partial charge in [0, 0.05) is 4.90 Å². The summed E-state index contributed by atoms with van der Waals surface area (Å²) in [4.78, 5) is 0.382. The first-order valence-electron chi connectivity index (χ1n) is 3.70. The van der Waals surface area contributed by atoms with E-state index in [4.69, 9.17) is 0 Å². The van der Waals surface area contributed by atoms with E-state index in [-0.39, 0.29) is 0 Å². The van der Waals surface area contributed by atoms with Crippen LogP contribution in [0.1, 0.15) is 16.7 Å². The molecule has 0 saturated heterocycles. The van der Waals surface area contributed by atoms with E-state index in [0.717, 1.165) is 17.7 Å². The predicted octanol–water partition coefficient (Wildman–Crippen LogP) is 3.61. The summed E-state index contributed by atoms with van der Waals surface area (Å²) in [6.45, 7) is 3.39. The van der Waals surface area contributed by atoms with Crippen LogP contribution in [0.3, 0.4) is 0 Å². The van der Waals surface area contributed by atoms with Crippen LogP contribution in [0.4, 0.5) is 13.2 Å². The molecule has 1 aromatic carbocycles. The maximum Gasteiger partial charge on any atom is 0.416 e. The summed E-state index contributed by atoms with van der Waals surface area (Å²) in [7, 11) is 0. The lowest BCUT2D eigenvalue weighted by molar-refractivity contribution is -0.137.